The van der Waals surface area contributed by atoms with Crippen LogP contribution in [0.1, 0.15) is 24.0 Å². The molecule has 2 aliphatic heterocycles. The molecule has 0 saturated carbocycles. The summed E-state index contributed by atoms with van der Waals surface area (Å²) in [6.45, 7) is 6.72. The second-order valence-electron chi connectivity index (χ2n) is 8.84. The van der Waals surface area contributed by atoms with Crippen LogP contribution in [0.5, 0.6) is 0 Å². The van der Waals surface area contributed by atoms with Crippen LogP contribution in [0.15, 0.2) is 54.6 Å². The first-order chi connectivity index (χ1) is 15.0. The van der Waals surface area contributed by atoms with Gasteiger partial charge in [0.15, 0.2) is 0 Å². The number of nitrogens with zero attached hydrogens (tertiary/aromatic N) is 2. The van der Waals surface area contributed by atoms with Gasteiger partial charge in [0.05, 0.1) is 15.7 Å². The summed E-state index contributed by atoms with van der Waals surface area (Å²) in [5.74, 6) is 0.444. The van der Waals surface area contributed by atoms with Gasteiger partial charge in [0.1, 0.15) is 5.60 Å². The maximum Gasteiger partial charge on any atom is 0.293 e. The SMILES string of the molecule is CC1(OC=O)CN(Cc2ccc(C3CN(c4c(Cl)cccc4Cl)C3)c3ccccc23)C1. The number of fused-ring (bicyclic) bond motifs is 1. The predicted molar refractivity (Wildman–Crippen MR) is 126 cm³/mol. The highest BCUT2D eigenvalue weighted by Gasteiger charge is 2.40. The first-order valence-electron chi connectivity index (χ1n) is 10.5. The third kappa shape index (κ3) is 3.78. The lowest BCUT2D eigenvalue weighted by molar-refractivity contribution is -0.161. The molecular formula is C25H24Cl2N2O2. The first-order valence-corrected chi connectivity index (χ1v) is 11.3. The number of rotatable bonds is 6. The maximum atomic E-state index is 10.7. The van der Waals surface area contributed by atoms with Gasteiger partial charge in [-0.05, 0) is 41.0 Å². The molecule has 0 spiro atoms. The van der Waals surface area contributed by atoms with E-state index in [-0.39, 0.29) is 5.60 Å². The number of hydrogen-bond acceptors (Lipinski definition) is 4. The predicted octanol–water partition coefficient (Wildman–Crippen LogP) is 5.50. The standard InChI is InChI=1S/C25H24Cl2N2O2/c1-25(31-16-30)14-28(15-25)11-17-9-10-20(21-6-3-2-5-19(17)21)18-12-29(13-18)24-22(26)7-4-8-23(24)27/h2-10,16,18H,11-15H2,1H3. The van der Waals surface area contributed by atoms with E-state index < -0.39 is 0 Å². The Morgan fingerprint density at radius 1 is 1.00 bits per heavy atom. The van der Waals surface area contributed by atoms with Crippen molar-refractivity contribution in [3.8, 4) is 0 Å². The fourth-order valence-corrected chi connectivity index (χ4v) is 5.61. The van der Waals surface area contributed by atoms with Crippen molar-refractivity contribution in [2.45, 2.75) is 25.0 Å². The molecule has 4 nitrogen and oxygen atoms in total. The summed E-state index contributed by atoms with van der Waals surface area (Å²) in [5, 5.41) is 4.00. The Morgan fingerprint density at radius 3 is 2.35 bits per heavy atom. The lowest BCUT2D eigenvalue weighted by Gasteiger charge is -2.46. The van der Waals surface area contributed by atoms with Gasteiger partial charge in [0, 0.05) is 38.6 Å². The second-order valence-corrected chi connectivity index (χ2v) is 9.66. The minimum Gasteiger partial charge on any atom is -0.459 e. The number of halogens is 2. The molecule has 2 fully saturated rings. The average molecular weight is 455 g/mol. The van der Waals surface area contributed by atoms with Gasteiger partial charge in [-0.1, -0.05) is 65.7 Å². The van der Waals surface area contributed by atoms with Gasteiger partial charge >= 0.3 is 0 Å². The van der Waals surface area contributed by atoms with Crippen LogP contribution in [0.3, 0.4) is 0 Å². The van der Waals surface area contributed by atoms with Crippen LogP contribution in [0, 0.1) is 0 Å². The lowest BCUT2D eigenvalue weighted by atomic mass is 9.85. The molecule has 3 aromatic rings. The molecule has 5 rings (SSSR count). The van der Waals surface area contributed by atoms with Crippen molar-refractivity contribution in [3.63, 3.8) is 0 Å². The summed E-state index contributed by atoms with van der Waals surface area (Å²) in [5.41, 5.74) is 3.25. The average Bonchev–Trinajstić information content (AvgIpc) is 2.69. The zero-order valence-electron chi connectivity index (χ0n) is 17.4. The number of hydrogen-bond donors (Lipinski definition) is 0. The van der Waals surface area contributed by atoms with E-state index >= 15 is 0 Å². The fourth-order valence-electron chi connectivity index (χ4n) is 4.97. The van der Waals surface area contributed by atoms with Crippen LogP contribution < -0.4 is 4.90 Å². The molecular weight excluding hydrogens is 431 g/mol. The molecule has 160 valence electrons. The van der Waals surface area contributed by atoms with Crippen molar-refractivity contribution in [2.24, 2.45) is 0 Å². The quantitative estimate of drug-likeness (QED) is 0.460. The van der Waals surface area contributed by atoms with Crippen molar-refractivity contribution >= 4 is 46.1 Å². The topological polar surface area (TPSA) is 32.8 Å². The van der Waals surface area contributed by atoms with Gasteiger partial charge in [-0.3, -0.25) is 9.69 Å². The summed E-state index contributed by atoms with van der Waals surface area (Å²) >= 11 is 12.8. The van der Waals surface area contributed by atoms with Crippen LogP contribution in [-0.2, 0) is 16.1 Å². The Balaban J connectivity index is 1.35. The zero-order valence-corrected chi connectivity index (χ0v) is 18.9. The monoisotopic (exact) mass is 454 g/mol. The van der Waals surface area contributed by atoms with E-state index in [1.165, 1.54) is 21.9 Å². The summed E-state index contributed by atoms with van der Waals surface area (Å²) < 4.78 is 5.21. The minimum atomic E-state index is -0.354. The van der Waals surface area contributed by atoms with Gasteiger partial charge < -0.3 is 9.64 Å². The Bertz CT molecular complexity index is 1120. The number of anilines is 1. The third-order valence-corrected chi connectivity index (χ3v) is 7.08. The van der Waals surface area contributed by atoms with E-state index in [0.29, 0.717) is 22.4 Å². The van der Waals surface area contributed by atoms with Crippen LogP contribution in [-0.4, -0.2) is 43.2 Å². The minimum absolute atomic E-state index is 0.354. The highest BCUT2D eigenvalue weighted by atomic mass is 35.5. The normalized spacial score (nSPS) is 18.5. The van der Waals surface area contributed by atoms with E-state index in [2.05, 4.69) is 46.2 Å². The number of likely N-dealkylation sites (tertiary alicyclic amines) is 1. The number of para-hydroxylation sites is 1. The molecule has 31 heavy (non-hydrogen) atoms. The van der Waals surface area contributed by atoms with Crippen LogP contribution in [0.2, 0.25) is 10.0 Å². The Hall–Kier alpha value is -2.27. The Morgan fingerprint density at radius 2 is 1.68 bits per heavy atom. The Kier molecular flexibility index (Phi) is 5.33. The highest BCUT2D eigenvalue weighted by Crippen LogP contribution is 2.42. The highest BCUT2D eigenvalue weighted by molar-refractivity contribution is 6.39. The van der Waals surface area contributed by atoms with Crippen molar-refractivity contribution in [2.75, 3.05) is 31.1 Å². The molecule has 2 saturated heterocycles. The van der Waals surface area contributed by atoms with Gasteiger partial charge in [-0.15, -0.1) is 0 Å². The number of ether oxygens (including phenoxy) is 1. The van der Waals surface area contributed by atoms with E-state index in [4.69, 9.17) is 27.9 Å². The molecule has 0 N–H and O–H groups in total. The molecule has 3 aromatic carbocycles. The summed E-state index contributed by atoms with van der Waals surface area (Å²) in [6.07, 6.45) is 0. The first kappa shape index (κ1) is 20.6. The van der Waals surface area contributed by atoms with E-state index in [9.17, 15) is 4.79 Å². The number of carbonyl (C=O) groups is 1. The zero-order chi connectivity index (χ0) is 21.6. The molecule has 0 atom stereocenters. The molecule has 0 aliphatic carbocycles. The molecule has 2 heterocycles. The summed E-state index contributed by atoms with van der Waals surface area (Å²) in [4.78, 5) is 15.3. The van der Waals surface area contributed by atoms with Crippen molar-refractivity contribution in [1.82, 2.24) is 4.90 Å². The fraction of sp³-hybridized carbons (Fsp3) is 0.320. The van der Waals surface area contributed by atoms with Crippen molar-refractivity contribution < 1.29 is 9.53 Å². The van der Waals surface area contributed by atoms with Crippen LogP contribution in [0.25, 0.3) is 10.8 Å². The summed E-state index contributed by atoms with van der Waals surface area (Å²) in [7, 11) is 0. The van der Waals surface area contributed by atoms with Crippen molar-refractivity contribution in [1.29, 1.82) is 0 Å². The third-order valence-electron chi connectivity index (χ3n) is 6.47. The Labute approximate surface area is 192 Å². The lowest BCUT2D eigenvalue weighted by Crippen LogP contribution is -2.60. The van der Waals surface area contributed by atoms with Gasteiger partial charge in [0.2, 0.25) is 0 Å². The van der Waals surface area contributed by atoms with E-state index in [1.54, 1.807) is 0 Å². The number of carbonyl (C=O) groups excluding carboxylic acids is 1. The van der Waals surface area contributed by atoms with Gasteiger partial charge in [-0.25, -0.2) is 0 Å². The van der Waals surface area contributed by atoms with E-state index in [0.717, 1.165) is 38.4 Å². The van der Waals surface area contributed by atoms with Gasteiger partial charge in [0.25, 0.3) is 6.47 Å². The molecule has 0 unspecified atom stereocenters. The van der Waals surface area contributed by atoms with Crippen molar-refractivity contribution in [3.05, 3.63) is 75.8 Å². The maximum absolute atomic E-state index is 10.7. The molecule has 2 aliphatic rings. The molecule has 0 aromatic heterocycles. The summed E-state index contributed by atoms with van der Waals surface area (Å²) in [6, 6.07) is 18.8. The largest absolute Gasteiger partial charge is 0.459 e. The molecule has 0 radical (unpaired) electrons. The molecule has 0 bridgehead atoms. The van der Waals surface area contributed by atoms with Crippen LogP contribution in [0.4, 0.5) is 5.69 Å². The second kappa shape index (κ2) is 8.01. The van der Waals surface area contributed by atoms with Gasteiger partial charge in [-0.2, -0.15) is 0 Å². The smallest absolute Gasteiger partial charge is 0.293 e. The molecule has 6 heteroatoms. The van der Waals surface area contributed by atoms with E-state index in [1.807, 2.05) is 25.1 Å². The molecule has 0 amide bonds. The van der Waals surface area contributed by atoms with Crippen LogP contribution >= 0.6 is 23.2 Å². The number of benzene rings is 3.